The maximum Gasteiger partial charge on any atom is 0.312 e. The first-order valence-corrected chi connectivity index (χ1v) is 10.6. The Labute approximate surface area is 194 Å². The van der Waals surface area contributed by atoms with Crippen LogP contribution in [0, 0.1) is 0 Å². The van der Waals surface area contributed by atoms with Gasteiger partial charge in [-0.25, -0.2) is 0 Å². The fraction of sp³-hybridized carbons (Fsp3) is 0.240. The quantitative estimate of drug-likeness (QED) is 0.223. The summed E-state index contributed by atoms with van der Waals surface area (Å²) in [5, 5.41) is 51.0. The molecule has 0 spiro atoms. The molecule has 0 saturated heterocycles. The van der Waals surface area contributed by atoms with Crippen molar-refractivity contribution >= 4 is 5.97 Å². The molecule has 3 aromatic carbocycles. The number of benzene rings is 3. The third kappa shape index (κ3) is 3.50. The fourth-order valence-corrected chi connectivity index (χ4v) is 4.58. The van der Waals surface area contributed by atoms with Gasteiger partial charge in [0.05, 0.1) is 19.6 Å². The van der Waals surface area contributed by atoms with Gasteiger partial charge in [-0.1, -0.05) is 12.1 Å². The van der Waals surface area contributed by atoms with Crippen molar-refractivity contribution in [1.29, 1.82) is 0 Å². The van der Waals surface area contributed by atoms with Gasteiger partial charge in [-0.3, -0.25) is 4.79 Å². The van der Waals surface area contributed by atoms with Crippen molar-refractivity contribution in [3.05, 3.63) is 64.7 Å². The van der Waals surface area contributed by atoms with E-state index in [1.165, 1.54) is 37.4 Å². The Bertz CT molecular complexity index is 1300. The van der Waals surface area contributed by atoms with Crippen molar-refractivity contribution in [1.82, 2.24) is 0 Å². The summed E-state index contributed by atoms with van der Waals surface area (Å²) in [4.78, 5) is 12.4. The summed E-state index contributed by atoms with van der Waals surface area (Å²) in [5.41, 5.74) is 1.95. The fourth-order valence-electron chi connectivity index (χ4n) is 4.58. The Hall–Kier alpha value is -4.11. The van der Waals surface area contributed by atoms with Crippen LogP contribution < -0.4 is 14.2 Å². The van der Waals surface area contributed by atoms with Crippen LogP contribution in [0.1, 0.15) is 40.7 Å². The molecule has 3 atom stereocenters. The first-order valence-electron chi connectivity index (χ1n) is 10.6. The van der Waals surface area contributed by atoms with E-state index in [0.29, 0.717) is 22.3 Å². The van der Waals surface area contributed by atoms with Crippen LogP contribution in [0.2, 0.25) is 0 Å². The molecule has 3 unspecified atom stereocenters. The molecule has 0 saturated carbocycles. The summed E-state index contributed by atoms with van der Waals surface area (Å²) in [5.74, 6) is -1.31. The van der Waals surface area contributed by atoms with Gasteiger partial charge in [0.1, 0.15) is 23.4 Å². The van der Waals surface area contributed by atoms with Crippen LogP contribution in [0.5, 0.6) is 40.2 Å². The average Bonchev–Trinajstić information content (AvgIpc) is 2.80. The van der Waals surface area contributed by atoms with Gasteiger partial charge in [0.15, 0.2) is 23.0 Å². The van der Waals surface area contributed by atoms with Crippen LogP contribution in [0.3, 0.4) is 0 Å². The molecule has 0 aromatic heterocycles. The highest BCUT2D eigenvalue weighted by Crippen LogP contribution is 2.53. The number of carbonyl (C=O) groups is 1. The maximum absolute atomic E-state index is 12.4. The van der Waals surface area contributed by atoms with Gasteiger partial charge in [-0.2, -0.15) is 0 Å². The zero-order chi connectivity index (χ0) is 24.1. The summed E-state index contributed by atoms with van der Waals surface area (Å²) < 4.78 is 16.8. The van der Waals surface area contributed by atoms with Gasteiger partial charge in [0, 0.05) is 29.5 Å². The van der Waals surface area contributed by atoms with Crippen LogP contribution in [0.25, 0.3) is 0 Å². The summed E-state index contributed by atoms with van der Waals surface area (Å²) >= 11 is 0. The molecular weight excluding hydrogens is 444 g/mol. The van der Waals surface area contributed by atoms with Gasteiger partial charge in [-0.15, -0.1) is 0 Å². The van der Waals surface area contributed by atoms with Crippen molar-refractivity contribution in [3.8, 4) is 40.2 Å². The van der Waals surface area contributed by atoms with Gasteiger partial charge in [0.2, 0.25) is 0 Å². The van der Waals surface area contributed by atoms with E-state index >= 15 is 0 Å². The molecular formula is C25H22O9. The molecule has 0 radical (unpaired) electrons. The molecule has 0 amide bonds. The number of rotatable bonds is 3. The Morgan fingerprint density at radius 1 is 0.882 bits per heavy atom. The average molecular weight is 466 g/mol. The normalized spacial score (nSPS) is 21.1. The monoisotopic (exact) mass is 466 g/mol. The lowest BCUT2D eigenvalue weighted by molar-refractivity contribution is -0.135. The molecule has 0 bridgehead atoms. The summed E-state index contributed by atoms with van der Waals surface area (Å²) in [7, 11) is 1.42. The van der Waals surface area contributed by atoms with E-state index < -0.39 is 24.1 Å². The molecule has 2 aliphatic rings. The number of esters is 1. The Balaban J connectivity index is 1.66. The zero-order valence-corrected chi connectivity index (χ0v) is 18.1. The second kappa shape index (κ2) is 8.03. The molecule has 5 rings (SSSR count). The van der Waals surface area contributed by atoms with Gasteiger partial charge in [-0.05, 0) is 35.4 Å². The molecule has 3 aromatic rings. The van der Waals surface area contributed by atoms with Crippen molar-refractivity contribution in [2.45, 2.75) is 31.0 Å². The van der Waals surface area contributed by atoms with E-state index in [2.05, 4.69) is 0 Å². The largest absolute Gasteiger partial charge is 0.507 e. The third-order valence-electron chi connectivity index (χ3n) is 6.25. The SMILES string of the molecule is COc1cc(C2CC(=O)Oc3cc(O)c4c(c32)OC(c2ccc(O)c(O)c2)C(O)C4)ccc1O. The number of hydrogen-bond donors (Lipinski definition) is 5. The van der Waals surface area contributed by atoms with Crippen molar-refractivity contribution < 1.29 is 44.5 Å². The summed E-state index contributed by atoms with van der Waals surface area (Å²) in [6.07, 6.45) is -1.95. The smallest absolute Gasteiger partial charge is 0.312 e. The van der Waals surface area contributed by atoms with Crippen LogP contribution >= 0.6 is 0 Å². The topological polar surface area (TPSA) is 146 Å². The number of hydrogen-bond acceptors (Lipinski definition) is 9. The molecule has 2 heterocycles. The zero-order valence-electron chi connectivity index (χ0n) is 18.1. The molecule has 0 fully saturated rings. The summed E-state index contributed by atoms with van der Waals surface area (Å²) in [6, 6.07) is 10.2. The Kier molecular flexibility index (Phi) is 5.13. The number of aliphatic hydroxyl groups is 1. The number of aromatic hydroxyl groups is 4. The lowest BCUT2D eigenvalue weighted by atomic mass is 9.82. The second-order valence-electron chi connectivity index (χ2n) is 8.34. The Morgan fingerprint density at radius 3 is 2.35 bits per heavy atom. The Morgan fingerprint density at radius 2 is 1.62 bits per heavy atom. The van der Waals surface area contributed by atoms with E-state index in [1.54, 1.807) is 12.1 Å². The van der Waals surface area contributed by atoms with E-state index in [-0.39, 0.29) is 53.1 Å². The lowest BCUT2D eigenvalue weighted by Crippen LogP contribution is -2.32. The molecule has 2 aliphatic heterocycles. The molecule has 34 heavy (non-hydrogen) atoms. The molecule has 0 aliphatic carbocycles. The van der Waals surface area contributed by atoms with Crippen molar-refractivity contribution in [3.63, 3.8) is 0 Å². The first kappa shape index (κ1) is 21.7. The number of carbonyl (C=O) groups excluding carboxylic acids is 1. The van der Waals surface area contributed by atoms with Gasteiger partial charge in [0.25, 0.3) is 0 Å². The highest BCUT2D eigenvalue weighted by Gasteiger charge is 2.40. The standard InChI is InChI=1S/C25H22O9/c1-32-20-7-11(2-5-16(20)27)13-9-22(31)33-21-10-17(28)14-8-19(30)24(34-25(14)23(13)21)12-3-4-15(26)18(29)6-12/h2-7,10,13,19,24,26-30H,8-9H2,1H3. The van der Waals surface area contributed by atoms with Crippen molar-refractivity contribution in [2.24, 2.45) is 0 Å². The molecule has 9 heteroatoms. The maximum atomic E-state index is 12.4. The predicted octanol–water partition coefficient (Wildman–Crippen LogP) is 3.00. The number of phenolic OH excluding ortho intramolecular Hbond substituents is 4. The summed E-state index contributed by atoms with van der Waals surface area (Å²) in [6.45, 7) is 0. The third-order valence-corrected chi connectivity index (χ3v) is 6.25. The van der Waals surface area contributed by atoms with E-state index in [9.17, 15) is 30.3 Å². The van der Waals surface area contributed by atoms with Gasteiger partial charge >= 0.3 is 5.97 Å². The number of aliphatic hydroxyl groups excluding tert-OH is 1. The molecule has 9 nitrogen and oxygen atoms in total. The van der Waals surface area contributed by atoms with Crippen LogP contribution in [0.15, 0.2) is 42.5 Å². The van der Waals surface area contributed by atoms with Crippen LogP contribution in [-0.4, -0.2) is 44.7 Å². The van der Waals surface area contributed by atoms with Gasteiger partial charge < -0.3 is 39.7 Å². The number of phenols is 4. The lowest BCUT2D eigenvalue weighted by Gasteiger charge is -2.36. The van der Waals surface area contributed by atoms with E-state index in [0.717, 1.165) is 0 Å². The minimum Gasteiger partial charge on any atom is -0.507 e. The minimum atomic E-state index is -1.06. The highest BCUT2D eigenvalue weighted by atomic mass is 16.5. The van der Waals surface area contributed by atoms with E-state index in [4.69, 9.17) is 14.2 Å². The number of ether oxygens (including phenoxy) is 3. The number of fused-ring (bicyclic) bond motifs is 3. The van der Waals surface area contributed by atoms with Crippen LogP contribution in [-0.2, 0) is 11.2 Å². The number of methoxy groups -OCH3 is 1. The highest BCUT2D eigenvalue weighted by molar-refractivity contribution is 5.80. The molecule has 176 valence electrons. The van der Waals surface area contributed by atoms with Crippen molar-refractivity contribution in [2.75, 3.05) is 7.11 Å². The minimum absolute atomic E-state index is 0.0191. The molecule has 5 N–H and O–H groups in total. The first-order chi connectivity index (χ1) is 16.3. The van der Waals surface area contributed by atoms with Crippen LogP contribution in [0.4, 0.5) is 0 Å². The second-order valence-corrected chi connectivity index (χ2v) is 8.34. The van der Waals surface area contributed by atoms with E-state index in [1.807, 2.05) is 0 Å². The predicted molar refractivity (Wildman–Crippen MR) is 118 cm³/mol.